The maximum atomic E-state index is 12.4. The highest BCUT2D eigenvalue weighted by atomic mass is 127. The maximum absolute atomic E-state index is 12.4. The molecule has 3 heteroatoms. The number of hydrogen-bond donors (Lipinski definition) is 0. The molecule has 0 N–H and O–H groups in total. The molecule has 22 heavy (non-hydrogen) atoms. The molecule has 0 heterocycles. The third-order valence-corrected chi connectivity index (χ3v) is 3.85. The van der Waals surface area contributed by atoms with Crippen LogP contribution in [-0.2, 0) is 0 Å². The van der Waals surface area contributed by atoms with Crippen LogP contribution in [0.3, 0.4) is 0 Å². The predicted octanol–water partition coefficient (Wildman–Crippen LogP) is 5.31. The third-order valence-electron chi connectivity index (χ3n) is 3.18. The summed E-state index contributed by atoms with van der Waals surface area (Å²) in [4.78, 5) is 12.4. The average Bonchev–Trinajstić information content (AvgIpc) is 2.56. The molecule has 0 aliphatic rings. The van der Waals surface area contributed by atoms with Gasteiger partial charge in [-0.25, -0.2) is 0 Å². The standard InChI is InChI=1S/C19H13IO2/c20-16-6-4-5-15(13-16)19(21)14-9-11-18(12-10-14)22-17-7-2-1-3-8-17/h1-13H. The number of rotatable bonds is 4. The first-order valence-corrected chi connectivity index (χ1v) is 7.93. The van der Waals surface area contributed by atoms with E-state index in [0.29, 0.717) is 16.9 Å². The van der Waals surface area contributed by atoms with E-state index in [4.69, 9.17) is 4.74 Å². The largest absolute Gasteiger partial charge is 0.457 e. The summed E-state index contributed by atoms with van der Waals surface area (Å²) in [5.74, 6) is 1.51. The van der Waals surface area contributed by atoms with Crippen molar-refractivity contribution in [2.24, 2.45) is 0 Å². The molecule has 0 amide bonds. The van der Waals surface area contributed by atoms with Gasteiger partial charge in [-0.3, -0.25) is 4.79 Å². The Bertz CT molecular complexity index is 780. The van der Waals surface area contributed by atoms with Gasteiger partial charge >= 0.3 is 0 Å². The fourth-order valence-electron chi connectivity index (χ4n) is 2.10. The van der Waals surface area contributed by atoms with E-state index in [1.54, 1.807) is 12.1 Å². The van der Waals surface area contributed by atoms with E-state index >= 15 is 0 Å². The van der Waals surface area contributed by atoms with Gasteiger partial charge in [-0.1, -0.05) is 30.3 Å². The molecule has 3 rings (SSSR count). The van der Waals surface area contributed by atoms with E-state index in [-0.39, 0.29) is 5.78 Å². The third kappa shape index (κ3) is 3.54. The number of ether oxygens (including phenoxy) is 1. The van der Waals surface area contributed by atoms with Gasteiger partial charge in [0.05, 0.1) is 0 Å². The Kier molecular flexibility index (Phi) is 4.53. The smallest absolute Gasteiger partial charge is 0.193 e. The lowest BCUT2D eigenvalue weighted by atomic mass is 10.0. The van der Waals surface area contributed by atoms with Crippen LogP contribution < -0.4 is 4.74 Å². The molecule has 3 aromatic carbocycles. The first kappa shape index (κ1) is 14.8. The maximum Gasteiger partial charge on any atom is 0.193 e. The fourth-order valence-corrected chi connectivity index (χ4v) is 2.64. The minimum absolute atomic E-state index is 0.0183. The molecule has 0 saturated carbocycles. The molecular formula is C19H13IO2. The zero-order valence-electron chi connectivity index (χ0n) is 11.7. The van der Waals surface area contributed by atoms with Gasteiger partial charge < -0.3 is 4.74 Å². The Morgan fingerprint density at radius 2 is 1.41 bits per heavy atom. The normalized spacial score (nSPS) is 10.2. The van der Waals surface area contributed by atoms with Crippen LogP contribution in [-0.4, -0.2) is 5.78 Å². The highest BCUT2D eigenvalue weighted by Gasteiger charge is 2.09. The molecule has 0 saturated heterocycles. The fraction of sp³-hybridized carbons (Fsp3) is 0. The lowest BCUT2D eigenvalue weighted by Gasteiger charge is -2.06. The van der Waals surface area contributed by atoms with Gasteiger partial charge in [0.15, 0.2) is 5.78 Å². The van der Waals surface area contributed by atoms with Gasteiger partial charge in [-0.15, -0.1) is 0 Å². The second kappa shape index (κ2) is 6.75. The van der Waals surface area contributed by atoms with Crippen LogP contribution >= 0.6 is 22.6 Å². The number of benzene rings is 3. The number of para-hydroxylation sites is 1. The van der Waals surface area contributed by atoms with Crippen LogP contribution in [0.5, 0.6) is 11.5 Å². The van der Waals surface area contributed by atoms with Crippen LogP contribution in [0.4, 0.5) is 0 Å². The predicted molar refractivity (Wildman–Crippen MR) is 95.5 cm³/mol. The first-order valence-electron chi connectivity index (χ1n) is 6.85. The summed E-state index contributed by atoms with van der Waals surface area (Å²) in [6.45, 7) is 0. The van der Waals surface area contributed by atoms with Gasteiger partial charge in [0.25, 0.3) is 0 Å². The summed E-state index contributed by atoms with van der Waals surface area (Å²) >= 11 is 2.20. The minimum atomic E-state index is 0.0183. The molecular weight excluding hydrogens is 387 g/mol. The lowest BCUT2D eigenvalue weighted by molar-refractivity contribution is 0.103. The number of carbonyl (C=O) groups excluding carboxylic acids is 1. The van der Waals surface area contributed by atoms with Crippen LogP contribution in [0.25, 0.3) is 0 Å². The van der Waals surface area contributed by atoms with Crippen molar-refractivity contribution in [2.75, 3.05) is 0 Å². The second-order valence-corrected chi connectivity index (χ2v) is 6.02. The molecule has 108 valence electrons. The monoisotopic (exact) mass is 400 g/mol. The summed E-state index contributed by atoms with van der Waals surface area (Å²) in [5, 5.41) is 0. The summed E-state index contributed by atoms with van der Waals surface area (Å²) < 4.78 is 6.77. The molecule has 2 nitrogen and oxygen atoms in total. The highest BCUT2D eigenvalue weighted by Crippen LogP contribution is 2.22. The van der Waals surface area contributed by atoms with Crippen molar-refractivity contribution in [3.05, 3.63) is 93.6 Å². The molecule has 0 fully saturated rings. The first-order chi connectivity index (χ1) is 10.7. The van der Waals surface area contributed by atoms with E-state index in [1.165, 1.54) is 0 Å². The number of halogens is 1. The number of hydrogen-bond acceptors (Lipinski definition) is 2. The quantitative estimate of drug-likeness (QED) is 0.438. The molecule has 0 aliphatic carbocycles. The number of ketones is 1. The van der Waals surface area contributed by atoms with Crippen molar-refractivity contribution in [1.29, 1.82) is 0 Å². The summed E-state index contributed by atoms with van der Waals surface area (Å²) in [6, 6.07) is 24.4. The van der Waals surface area contributed by atoms with E-state index in [0.717, 1.165) is 9.32 Å². The molecule has 0 atom stereocenters. The molecule has 3 aromatic rings. The van der Waals surface area contributed by atoms with Gasteiger partial charge in [0.1, 0.15) is 11.5 Å². The topological polar surface area (TPSA) is 26.3 Å². The molecule has 0 aliphatic heterocycles. The van der Waals surface area contributed by atoms with Crippen molar-refractivity contribution in [1.82, 2.24) is 0 Å². The summed E-state index contributed by atoms with van der Waals surface area (Å²) in [5.41, 5.74) is 1.35. The molecule has 0 unspecified atom stereocenters. The van der Waals surface area contributed by atoms with Crippen molar-refractivity contribution in [2.45, 2.75) is 0 Å². The van der Waals surface area contributed by atoms with Gasteiger partial charge in [-0.05, 0) is 71.1 Å². The Morgan fingerprint density at radius 1 is 0.727 bits per heavy atom. The molecule has 0 aromatic heterocycles. The zero-order chi connectivity index (χ0) is 15.4. The number of carbonyl (C=O) groups is 1. The van der Waals surface area contributed by atoms with Crippen LogP contribution in [0.15, 0.2) is 78.9 Å². The highest BCUT2D eigenvalue weighted by molar-refractivity contribution is 14.1. The van der Waals surface area contributed by atoms with E-state index in [9.17, 15) is 4.79 Å². The SMILES string of the molecule is O=C(c1ccc(Oc2ccccc2)cc1)c1cccc(I)c1. The van der Waals surface area contributed by atoms with Gasteiger partial charge in [-0.2, -0.15) is 0 Å². The van der Waals surface area contributed by atoms with E-state index in [1.807, 2.05) is 66.7 Å². The van der Waals surface area contributed by atoms with Crippen molar-refractivity contribution in [3.8, 4) is 11.5 Å². The van der Waals surface area contributed by atoms with Crippen molar-refractivity contribution in [3.63, 3.8) is 0 Å². The molecule has 0 spiro atoms. The summed E-state index contributed by atoms with van der Waals surface area (Å²) in [6.07, 6.45) is 0. The Balaban J connectivity index is 1.78. The summed E-state index contributed by atoms with van der Waals surface area (Å²) in [7, 11) is 0. The van der Waals surface area contributed by atoms with Crippen LogP contribution in [0.1, 0.15) is 15.9 Å². The van der Waals surface area contributed by atoms with Crippen LogP contribution in [0.2, 0.25) is 0 Å². The molecule has 0 radical (unpaired) electrons. The Morgan fingerprint density at radius 3 is 2.09 bits per heavy atom. The van der Waals surface area contributed by atoms with E-state index in [2.05, 4.69) is 22.6 Å². The van der Waals surface area contributed by atoms with Crippen molar-refractivity contribution >= 4 is 28.4 Å². The minimum Gasteiger partial charge on any atom is -0.457 e. The zero-order valence-corrected chi connectivity index (χ0v) is 13.9. The van der Waals surface area contributed by atoms with E-state index < -0.39 is 0 Å². The Hall–Kier alpha value is -2.14. The van der Waals surface area contributed by atoms with Gasteiger partial charge in [0.2, 0.25) is 0 Å². The Labute approximate surface area is 142 Å². The molecule has 0 bridgehead atoms. The lowest BCUT2D eigenvalue weighted by Crippen LogP contribution is -2.01. The average molecular weight is 400 g/mol. The second-order valence-electron chi connectivity index (χ2n) is 4.78. The van der Waals surface area contributed by atoms with Gasteiger partial charge in [0, 0.05) is 14.7 Å². The van der Waals surface area contributed by atoms with Crippen LogP contribution in [0, 0.1) is 3.57 Å². The van der Waals surface area contributed by atoms with Crippen molar-refractivity contribution < 1.29 is 9.53 Å².